The van der Waals surface area contributed by atoms with E-state index in [-0.39, 0.29) is 28.8 Å². The van der Waals surface area contributed by atoms with Crippen LogP contribution in [0.1, 0.15) is 15.9 Å². The van der Waals surface area contributed by atoms with Crippen molar-refractivity contribution in [3.63, 3.8) is 0 Å². The minimum Gasteiger partial charge on any atom is -0.365 e. The maximum atomic E-state index is 13.4. The Morgan fingerprint density at radius 3 is 2.63 bits per heavy atom. The Balaban J connectivity index is 2.23. The van der Waals surface area contributed by atoms with Gasteiger partial charge in [-0.1, -0.05) is 6.07 Å². The van der Waals surface area contributed by atoms with Crippen LogP contribution < -0.4 is 5.32 Å². The number of rotatable bonds is 4. The first kappa shape index (κ1) is 13.4. The Hall–Kier alpha value is -2.08. The molecule has 1 heterocycles. The molecule has 0 saturated heterocycles. The third-order valence-electron chi connectivity index (χ3n) is 2.41. The second-order valence-corrected chi connectivity index (χ2v) is 3.95. The number of nitrogens with zero attached hydrogens (tertiary/aromatic N) is 2. The van der Waals surface area contributed by atoms with Crippen molar-refractivity contribution >= 4 is 23.7 Å². The highest BCUT2D eigenvalue weighted by Crippen LogP contribution is 2.16. The zero-order valence-corrected chi connectivity index (χ0v) is 10.3. The monoisotopic (exact) mass is 283 g/mol. The van der Waals surface area contributed by atoms with Crippen molar-refractivity contribution < 1.29 is 13.6 Å². The average molecular weight is 284 g/mol. The third kappa shape index (κ3) is 3.03. The van der Waals surface area contributed by atoms with E-state index in [2.05, 4.69) is 15.3 Å². The van der Waals surface area contributed by atoms with Crippen LogP contribution in [-0.2, 0) is 6.54 Å². The number of hydrogen-bond acceptors (Lipinski definition) is 4. The van der Waals surface area contributed by atoms with Crippen LogP contribution in [0.25, 0.3) is 0 Å². The number of aldehydes is 1. The summed E-state index contributed by atoms with van der Waals surface area (Å²) in [5.41, 5.74) is 0.00947. The molecule has 0 amide bonds. The van der Waals surface area contributed by atoms with Gasteiger partial charge in [-0.05, 0) is 23.7 Å². The van der Waals surface area contributed by atoms with E-state index < -0.39 is 11.6 Å². The molecule has 0 fully saturated rings. The van der Waals surface area contributed by atoms with E-state index in [0.717, 1.165) is 12.1 Å². The van der Waals surface area contributed by atoms with Gasteiger partial charge in [-0.25, -0.2) is 18.7 Å². The minimum atomic E-state index is -0.680. The highest BCUT2D eigenvalue weighted by Gasteiger charge is 2.10. The van der Waals surface area contributed by atoms with Crippen LogP contribution >= 0.6 is 11.6 Å². The highest BCUT2D eigenvalue weighted by atomic mass is 35.5. The number of nitrogens with one attached hydrogen (secondary N) is 1. The third-order valence-corrected chi connectivity index (χ3v) is 2.59. The smallest absolute Gasteiger partial charge is 0.224 e. The summed E-state index contributed by atoms with van der Waals surface area (Å²) in [6.45, 7) is -0.160. The molecule has 1 N–H and O–H groups in total. The van der Waals surface area contributed by atoms with Crippen molar-refractivity contribution in [1.29, 1.82) is 0 Å². The quantitative estimate of drug-likeness (QED) is 0.692. The standard InChI is InChI=1S/C12H8ClF2N3O/c13-12-17-4-7(6-19)11(18-12)16-5-8-9(14)2-1-3-10(8)15/h1-4,6H,5H2,(H,16,17,18). The molecule has 7 heteroatoms. The van der Waals surface area contributed by atoms with Gasteiger partial charge in [0.2, 0.25) is 5.28 Å². The summed E-state index contributed by atoms with van der Waals surface area (Å²) in [6, 6.07) is 3.56. The summed E-state index contributed by atoms with van der Waals surface area (Å²) in [7, 11) is 0. The first-order valence-corrected chi connectivity index (χ1v) is 5.64. The molecule has 0 bridgehead atoms. The Bertz CT molecular complexity index is 602. The maximum Gasteiger partial charge on any atom is 0.224 e. The lowest BCUT2D eigenvalue weighted by Crippen LogP contribution is -2.08. The van der Waals surface area contributed by atoms with Gasteiger partial charge in [-0.3, -0.25) is 4.79 Å². The molecule has 2 aromatic rings. The van der Waals surface area contributed by atoms with E-state index in [1.54, 1.807) is 0 Å². The predicted octanol–water partition coefficient (Wildman–Crippen LogP) is 2.83. The molecule has 0 atom stereocenters. The molecule has 0 radical (unpaired) electrons. The molecule has 1 aromatic heterocycles. The van der Waals surface area contributed by atoms with Gasteiger partial charge in [-0.2, -0.15) is 0 Å². The molecule has 2 rings (SSSR count). The van der Waals surface area contributed by atoms with Crippen molar-refractivity contribution in [2.75, 3.05) is 5.32 Å². The predicted molar refractivity (Wildman–Crippen MR) is 66.1 cm³/mol. The first-order chi connectivity index (χ1) is 9.11. The lowest BCUT2D eigenvalue weighted by Gasteiger charge is -2.09. The van der Waals surface area contributed by atoms with E-state index in [1.807, 2.05) is 0 Å². The van der Waals surface area contributed by atoms with Crippen molar-refractivity contribution in [3.8, 4) is 0 Å². The van der Waals surface area contributed by atoms with Crippen LogP contribution in [-0.4, -0.2) is 16.3 Å². The van der Waals surface area contributed by atoms with E-state index in [0.29, 0.717) is 6.29 Å². The van der Waals surface area contributed by atoms with E-state index in [1.165, 1.54) is 12.3 Å². The van der Waals surface area contributed by atoms with E-state index in [4.69, 9.17) is 11.6 Å². The lowest BCUT2D eigenvalue weighted by atomic mass is 10.2. The van der Waals surface area contributed by atoms with Crippen LogP contribution in [0.4, 0.5) is 14.6 Å². The molecular weight excluding hydrogens is 276 g/mol. The molecule has 1 aromatic carbocycles. The summed E-state index contributed by atoms with van der Waals surface area (Å²) in [5, 5.41) is 2.59. The minimum absolute atomic E-state index is 0.0675. The summed E-state index contributed by atoms with van der Waals surface area (Å²) in [4.78, 5) is 18.2. The molecule has 0 saturated carbocycles. The van der Waals surface area contributed by atoms with Gasteiger partial charge in [0.1, 0.15) is 17.5 Å². The molecule has 0 unspecified atom stereocenters. The van der Waals surface area contributed by atoms with Gasteiger partial charge in [0.15, 0.2) is 6.29 Å². The molecule has 4 nitrogen and oxygen atoms in total. The van der Waals surface area contributed by atoms with Gasteiger partial charge in [0.25, 0.3) is 0 Å². The summed E-state index contributed by atoms with van der Waals surface area (Å²) in [6.07, 6.45) is 1.75. The van der Waals surface area contributed by atoms with Crippen LogP contribution in [0.3, 0.4) is 0 Å². The van der Waals surface area contributed by atoms with Crippen molar-refractivity contribution in [1.82, 2.24) is 9.97 Å². The van der Waals surface area contributed by atoms with Gasteiger partial charge >= 0.3 is 0 Å². The summed E-state index contributed by atoms with van der Waals surface area (Å²) >= 11 is 5.59. The molecule has 98 valence electrons. The number of carbonyl (C=O) groups excluding carboxylic acids is 1. The molecule has 19 heavy (non-hydrogen) atoms. The molecular formula is C12H8ClF2N3O. The summed E-state index contributed by atoms with van der Waals surface area (Å²) < 4.78 is 26.8. The average Bonchev–Trinajstić information content (AvgIpc) is 2.38. The van der Waals surface area contributed by atoms with Crippen LogP contribution in [0.5, 0.6) is 0 Å². The second-order valence-electron chi connectivity index (χ2n) is 3.61. The molecule has 0 aliphatic rings. The Morgan fingerprint density at radius 2 is 2.00 bits per heavy atom. The van der Waals surface area contributed by atoms with Crippen molar-refractivity contribution in [2.24, 2.45) is 0 Å². The number of benzene rings is 1. The largest absolute Gasteiger partial charge is 0.365 e. The van der Waals surface area contributed by atoms with Gasteiger partial charge in [-0.15, -0.1) is 0 Å². The van der Waals surface area contributed by atoms with Crippen LogP contribution in [0.15, 0.2) is 24.4 Å². The van der Waals surface area contributed by atoms with E-state index >= 15 is 0 Å². The first-order valence-electron chi connectivity index (χ1n) is 5.26. The second kappa shape index (κ2) is 5.71. The SMILES string of the molecule is O=Cc1cnc(Cl)nc1NCc1c(F)cccc1F. The lowest BCUT2D eigenvalue weighted by molar-refractivity contribution is 0.112. The normalized spacial score (nSPS) is 10.3. The number of halogens is 3. The fourth-order valence-corrected chi connectivity index (χ4v) is 1.60. The van der Waals surface area contributed by atoms with Gasteiger partial charge in [0.05, 0.1) is 5.56 Å². The fraction of sp³-hybridized carbons (Fsp3) is 0.0833. The topological polar surface area (TPSA) is 54.9 Å². The van der Waals surface area contributed by atoms with Gasteiger partial charge < -0.3 is 5.32 Å². The number of anilines is 1. The zero-order valence-electron chi connectivity index (χ0n) is 9.53. The highest BCUT2D eigenvalue weighted by molar-refractivity contribution is 6.28. The maximum absolute atomic E-state index is 13.4. The molecule has 0 aliphatic carbocycles. The fourth-order valence-electron chi connectivity index (χ4n) is 1.47. The zero-order chi connectivity index (χ0) is 13.8. The number of hydrogen-bond donors (Lipinski definition) is 1. The Morgan fingerprint density at radius 1 is 1.32 bits per heavy atom. The molecule has 0 aliphatic heterocycles. The summed E-state index contributed by atoms with van der Waals surface area (Å²) in [5.74, 6) is -1.24. The van der Waals surface area contributed by atoms with Gasteiger partial charge in [0, 0.05) is 18.3 Å². The van der Waals surface area contributed by atoms with Crippen LogP contribution in [0.2, 0.25) is 5.28 Å². The van der Waals surface area contributed by atoms with E-state index in [9.17, 15) is 13.6 Å². The number of carbonyl (C=O) groups is 1. The number of aromatic nitrogens is 2. The Labute approximate surface area is 112 Å². The van der Waals surface area contributed by atoms with Crippen molar-refractivity contribution in [2.45, 2.75) is 6.54 Å². The molecule has 0 spiro atoms. The van der Waals surface area contributed by atoms with Crippen LogP contribution in [0, 0.1) is 11.6 Å². The van der Waals surface area contributed by atoms with Crippen molar-refractivity contribution in [3.05, 3.63) is 52.4 Å². The Kier molecular flexibility index (Phi) is 4.01.